The average molecular weight is 523 g/mol. The van der Waals surface area contributed by atoms with Gasteiger partial charge in [-0.2, -0.15) is 0 Å². The highest BCUT2D eigenvalue weighted by atomic mass is 16.3. The van der Waals surface area contributed by atoms with Gasteiger partial charge in [-0.3, -0.25) is 19.3 Å². The van der Waals surface area contributed by atoms with Gasteiger partial charge in [0, 0.05) is 36.5 Å². The molecule has 8 N–H and O–H groups in total. The minimum atomic E-state index is -2.64. The smallest absolute Gasteiger partial charge is 0.255 e. The number of rotatable bonds is 6. The summed E-state index contributed by atoms with van der Waals surface area (Å²) in [5, 5.41) is 47.8. The van der Waals surface area contributed by atoms with Gasteiger partial charge < -0.3 is 36.5 Å². The molecule has 0 radical (unpaired) electrons. The number of ketones is 2. The third-order valence-electron chi connectivity index (χ3n) is 7.99. The number of H-pyrrole nitrogens is 1. The molecule has 0 saturated heterocycles. The fourth-order valence-corrected chi connectivity index (χ4v) is 6.28. The van der Waals surface area contributed by atoms with Crippen molar-refractivity contribution >= 4 is 23.2 Å². The van der Waals surface area contributed by atoms with E-state index < -0.39 is 58.0 Å². The summed E-state index contributed by atoms with van der Waals surface area (Å²) in [6.07, 6.45) is 2.13. The highest BCUT2D eigenvalue weighted by molar-refractivity contribution is 6.24. The maximum absolute atomic E-state index is 13.8. The largest absolute Gasteiger partial charge is 0.508 e. The van der Waals surface area contributed by atoms with Crippen LogP contribution < -0.4 is 11.1 Å². The van der Waals surface area contributed by atoms with Crippen molar-refractivity contribution in [3.63, 3.8) is 0 Å². The van der Waals surface area contributed by atoms with Crippen LogP contribution in [0.2, 0.25) is 0 Å². The first kappa shape index (κ1) is 25.7. The lowest BCUT2D eigenvalue weighted by Gasteiger charge is -2.50. The molecule has 2 aromatic rings. The number of primary amides is 1. The zero-order valence-electron chi connectivity index (χ0n) is 21.0. The number of phenolic OH excluding ortho intramolecular Hbond substituents is 1. The Morgan fingerprint density at radius 2 is 1.92 bits per heavy atom. The van der Waals surface area contributed by atoms with Gasteiger partial charge in [0.15, 0.2) is 11.4 Å². The van der Waals surface area contributed by atoms with E-state index in [9.17, 15) is 34.8 Å². The van der Waals surface area contributed by atoms with E-state index in [2.05, 4.69) is 10.3 Å². The van der Waals surface area contributed by atoms with E-state index in [1.165, 1.54) is 11.0 Å². The van der Waals surface area contributed by atoms with Gasteiger partial charge in [-0.15, -0.1) is 0 Å². The van der Waals surface area contributed by atoms with Crippen molar-refractivity contribution in [3.05, 3.63) is 69.8 Å². The van der Waals surface area contributed by atoms with Crippen LogP contribution in [0.3, 0.4) is 0 Å². The SMILES string of the molecule is CN(C)[C@H]1C(=O)C(C(N)=O)=C(O)[C@]2(O)C(=O)C3=C(O)c4c(O)ccc(CNCc5ccc[nH]5)c4C[C@@H]3C[C@H]12. The first-order valence-electron chi connectivity index (χ1n) is 12.3. The van der Waals surface area contributed by atoms with Crippen molar-refractivity contribution in [2.45, 2.75) is 37.6 Å². The normalized spacial score (nSPS) is 26.9. The molecule has 0 aliphatic heterocycles. The van der Waals surface area contributed by atoms with Gasteiger partial charge >= 0.3 is 0 Å². The summed E-state index contributed by atoms with van der Waals surface area (Å²) in [7, 11) is 3.14. The molecule has 200 valence electrons. The number of nitrogens with two attached hydrogens (primary N) is 1. The fourth-order valence-electron chi connectivity index (χ4n) is 6.28. The molecule has 11 heteroatoms. The number of nitrogens with zero attached hydrogens (tertiary/aromatic N) is 1. The Balaban J connectivity index is 1.60. The molecule has 1 fully saturated rings. The van der Waals surface area contributed by atoms with Crippen LogP contribution in [0.1, 0.15) is 28.8 Å². The van der Waals surface area contributed by atoms with Crippen LogP contribution in [-0.2, 0) is 33.9 Å². The number of aliphatic hydroxyl groups excluding tert-OH is 2. The number of likely N-dealkylation sites (N-methyl/N-ethyl adjacent to an activating group) is 1. The van der Waals surface area contributed by atoms with Gasteiger partial charge in [0.05, 0.1) is 11.6 Å². The number of amides is 1. The van der Waals surface area contributed by atoms with Crippen LogP contribution in [0.5, 0.6) is 5.75 Å². The number of aromatic nitrogens is 1. The summed E-state index contributed by atoms with van der Waals surface area (Å²) in [6.45, 7) is 0.982. The van der Waals surface area contributed by atoms with Gasteiger partial charge in [0.2, 0.25) is 5.78 Å². The maximum Gasteiger partial charge on any atom is 0.255 e. The Labute approximate surface area is 218 Å². The Kier molecular flexibility index (Phi) is 6.17. The number of nitrogens with one attached hydrogen (secondary N) is 2. The molecule has 1 aromatic heterocycles. The number of aromatic hydroxyl groups is 1. The van der Waals surface area contributed by atoms with Crippen molar-refractivity contribution in [2.75, 3.05) is 14.1 Å². The Bertz CT molecular complexity index is 1410. The standard InChI is InChI=1S/C27H30N4O7/c1-31(2)21-16-9-13-8-15-12(10-29-11-14-4-3-7-30-14)5-6-17(32)19(15)22(33)18(13)24(35)27(16,38)25(36)20(23(21)34)26(28)37/h3-7,13,16,21,29-30,32-33,36,38H,8-11H2,1-2H3,(H2,28,37)/t13-,16-,21-,27-/m1/s1. The van der Waals surface area contributed by atoms with Crippen molar-refractivity contribution in [1.82, 2.24) is 15.2 Å². The molecule has 3 aliphatic rings. The number of carbonyl (C=O) groups is 3. The summed E-state index contributed by atoms with van der Waals surface area (Å²) < 4.78 is 0. The number of benzene rings is 1. The number of aliphatic hydroxyl groups is 3. The quantitative estimate of drug-likeness (QED) is 0.266. The number of phenols is 1. The van der Waals surface area contributed by atoms with Crippen LogP contribution >= 0.6 is 0 Å². The number of fused-ring (bicyclic) bond motifs is 3. The number of hydrogen-bond donors (Lipinski definition) is 7. The molecule has 1 saturated carbocycles. The minimum Gasteiger partial charge on any atom is -0.508 e. The van der Waals surface area contributed by atoms with Crippen LogP contribution in [0, 0.1) is 11.8 Å². The molecule has 1 aromatic carbocycles. The lowest BCUT2D eigenvalue weighted by Crippen LogP contribution is -2.65. The van der Waals surface area contributed by atoms with E-state index in [-0.39, 0.29) is 29.7 Å². The highest BCUT2D eigenvalue weighted by Crippen LogP contribution is 2.52. The molecule has 11 nitrogen and oxygen atoms in total. The molecule has 3 aliphatic carbocycles. The molecule has 1 heterocycles. The predicted octanol–water partition coefficient (Wildman–Crippen LogP) is 0.582. The van der Waals surface area contributed by atoms with Crippen molar-refractivity contribution < 1.29 is 34.8 Å². The molecule has 4 atom stereocenters. The van der Waals surface area contributed by atoms with Crippen LogP contribution in [0.25, 0.3) is 5.76 Å². The van der Waals surface area contributed by atoms with Crippen molar-refractivity contribution in [3.8, 4) is 5.75 Å². The zero-order chi connectivity index (χ0) is 27.5. The van der Waals surface area contributed by atoms with Crippen molar-refractivity contribution in [2.24, 2.45) is 17.6 Å². The van der Waals surface area contributed by atoms with Crippen LogP contribution in [0.15, 0.2) is 47.4 Å². The number of Topliss-reactive ketones (excluding diaryl/α,β-unsaturated/α-hetero) is 2. The van der Waals surface area contributed by atoms with Gasteiger partial charge in [-0.25, -0.2) is 0 Å². The third-order valence-corrected chi connectivity index (χ3v) is 7.99. The summed E-state index contributed by atoms with van der Waals surface area (Å²) in [5.41, 5.74) is 4.24. The Morgan fingerprint density at radius 3 is 2.55 bits per heavy atom. The van der Waals surface area contributed by atoms with E-state index in [0.717, 1.165) is 11.3 Å². The Hall–Kier alpha value is -3.93. The second kappa shape index (κ2) is 9.12. The first-order chi connectivity index (χ1) is 18.0. The Morgan fingerprint density at radius 1 is 1.18 bits per heavy atom. The molecular weight excluding hydrogens is 492 g/mol. The topological polar surface area (TPSA) is 189 Å². The molecule has 5 rings (SSSR count). The maximum atomic E-state index is 13.8. The summed E-state index contributed by atoms with van der Waals surface area (Å²) in [5.74, 6) is -6.60. The summed E-state index contributed by atoms with van der Waals surface area (Å²) in [4.78, 5) is 43.7. The lowest BCUT2D eigenvalue weighted by atomic mass is 9.57. The molecule has 0 spiro atoms. The molecular formula is C27H30N4O7. The molecule has 1 amide bonds. The number of aromatic amines is 1. The number of carbonyl (C=O) groups excluding carboxylic acids is 3. The number of hydrogen-bond acceptors (Lipinski definition) is 9. The van der Waals surface area contributed by atoms with Gasteiger partial charge in [-0.1, -0.05) is 6.07 Å². The third kappa shape index (κ3) is 3.65. The summed E-state index contributed by atoms with van der Waals surface area (Å²) in [6, 6.07) is 5.89. The van der Waals surface area contributed by atoms with Gasteiger partial charge in [0.1, 0.15) is 22.8 Å². The van der Waals surface area contributed by atoms with Crippen LogP contribution in [0.4, 0.5) is 0 Å². The average Bonchev–Trinajstić information content (AvgIpc) is 3.36. The summed E-state index contributed by atoms with van der Waals surface area (Å²) >= 11 is 0. The highest BCUT2D eigenvalue weighted by Gasteiger charge is 2.64. The van der Waals surface area contributed by atoms with E-state index >= 15 is 0 Å². The zero-order valence-corrected chi connectivity index (χ0v) is 21.0. The van der Waals surface area contributed by atoms with E-state index in [4.69, 9.17) is 5.73 Å². The second-order valence-corrected chi connectivity index (χ2v) is 10.4. The van der Waals surface area contributed by atoms with Gasteiger partial charge in [0.25, 0.3) is 5.91 Å². The van der Waals surface area contributed by atoms with E-state index in [1.807, 2.05) is 18.3 Å². The van der Waals surface area contributed by atoms with Crippen LogP contribution in [-0.4, -0.2) is 73.5 Å². The predicted molar refractivity (Wildman–Crippen MR) is 136 cm³/mol. The molecule has 0 unspecified atom stereocenters. The minimum absolute atomic E-state index is 0.0523. The lowest BCUT2D eigenvalue weighted by molar-refractivity contribution is -0.153. The monoisotopic (exact) mass is 522 g/mol. The van der Waals surface area contributed by atoms with Gasteiger partial charge in [-0.05, 0) is 62.2 Å². The van der Waals surface area contributed by atoms with E-state index in [0.29, 0.717) is 18.7 Å². The molecule has 0 bridgehead atoms. The second-order valence-electron chi connectivity index (χ2n) is 10.4. The molecule has 38 heavy (non-hydrogen) atoms. The fraction of sp³-hybridized carbons (Fsp3) is 0.370. The van der Waals surface area contributed by atoms with Crippen molar-refractivity contribution in [1.29, 1.82) is 0 Å². The first-order valence-corrected chi connectivity index (χ1v) is 12.3. The van der Waals surface area contributed by atoms with E-state index in [1.54, 1.807) is 20.2 Å².